The molecule has 0 atom stereocenters. The molecule has 1 aromatic rings. The quantitative estimate of drug-likeness (QED) is 0.819. The van der Waals surface area contributed by atoms with Gasteiger partial charge in [0.2, 0.25) is 0 Å². The number of hydrogen-bond acceptors (Lipinski definition) is 3. The first-order valence-electron chi connectivity index (χ1n) is 6.52. The van der Waals surface area contributed by atoms with E-state index in [0.717, 1.165) is 12.7 Å². The van der Waals surface area contributed by atoms with Gasteiger partial charge in [-0.05, 0) is 43.8 Å². The van der Waals surface area contributed by atoms with Crippen molar-refractivity contribution in [1.82, 2.24) is 0 Å². The highest BCUT2D eigenvalue weighted by atomic mass is 28.4. The second-order valence-electron chi connectivity index (χ2n) is 5.26. The first-order chi connectivity index (χ1) is 9.32. The lowest BCUT2D eigenvalue weighted by molar-refractivity contribution is 0.0696. The van der Waals surface area contributed by atoms with Gasteiger partial charge in [0.25, 0.3) is 0 Å². The third-order valence-corrected chi connectivity index (χ3v) is 5.57. The SMILES string of the molecule is C[Si]1(C)CCCCO1.O=C(O)c1cccc(C(=O)O)c1. The molecule has 6 heteroatoms. The summed E-state index contributed by atoms with van der Waals surface area (Å²) in [5.41, 5.74) is -0.0372. The molecule has 1 aliphatic heterocycles. The van der Waals surface area contributed by atoms with Gasteiger partial charge in [-0.3, -0.25) is 0 Å². The maximum absolute atomic E-state index is 10.4. The van der Waals surface area contributed by atoms with Crippen LogP contribution in [0.2, 0.25) is 19.1 Å². The largest absolute Gasteiger partial charge is 0.478 e. The predicted octanol–water partition coefficient (Wildman–Crippen LogP) is 3.08. The van der Waals surface area contributed by atoms with E-state index in [1.165, 1.54) is 37.1 Å². The Morgan fingerprint density at radius 3 is 1.95 bits per heavy atom. The van der Waals surface area contributed by atoms with Gasteiger partial charge in [0.05, 0.1) is 11.1 Å². The fraction of sp³-hybridized carbons (Fsp3) is 0.429. The molecule has 1 saturated heterocycles. The summed E-state index contributed by atoms with van der Waals surface area (Å²) >= 11 is 0. The molecule has 1 fully saturated rings. The Kier molecular flexibility index (Phi) is 5.91. The van der Waals surface area contributed by atoms with Crippen LogP contribution in [0.1, 0.15) is 33.6 Å². The van der Waals surface area contributed by atoms with Crippen molar-refractivity contribution in [2.24, 2.45) is 0 Å². The van der Waals surface area contributed by atoms with Crippen LogP contribution in [0.5, 0.6) is 0 Å². The first kappa shape index (κ1) is 16.4. The van der Waals surface area contributed by atoms with Gasteiger partial charge in [-0.2, -0.15) is 0 Å². The number of benzene rings is 1. The predicted molar refractivity (Wildman–Crippen MR) is 77.8 cm³/mol. The lowest BCUT2D eigenvalue weighted by atomic mass is 10.1. The van der Waals surface area contributed by atoms with Gasteiger partial charge in [-0.15, -0.1) is 0 Å². The third kappa shape index (κ3) is 5.54. The summed E-state index contributed by atoms with van der Waals surface area (Å²) in [6.45, 7) is 5.62. The average molecular weight is 296 g/mol. The van der Waals surface area contributed by atoms with Crippen LogP contribution in [0, 0.1) is 0 Å². The molecule has 0 bridgehead atoms. The van der Waals surface area contributed by atoms with E-state index in [0.29, 0.717) is 0 Å². The molecule has 110 valence electrons. The van der Waals surface area contributed by atoms with E-state index in [1.807, 2.05) is 0 Å². The molecular formula is C14H20O5Si. The van der Waals surface area contributed by atoms with Crippen molar-refractivity contribution in [2.75, 3.05) is 6.61 Å². The molecule has 2 rings (SSSR count). The lowest BCUT2D eigenvalue weighted by Crippen LogP contribution is -2.33. The molecule has 5 nitrogen and oxygen atoms in total. The van der Waals surface area contributed by atoms with Crippen LogP contribution in [0.3, 0.4) is 0 Å². The van der Waals surface area contributed by atoms with Crippen LogP contribution in [0.15, 0.2) is 24.3 Å². The molecule has 0 aliphatic carbocycles. The molecule has 2 N–H and O–H groups in total. The van der Waals surface area contributed by atoms with Crippen LogP contribution < -0.4 is 0 Å². The van der Waals surface area contributed by atoms with Gasteiger partial charge >= 0.3 is 11.9 Å². The molecule has 0 amide bonds. The number of carbonyl (C=O) groups is 2. The van der Waals surface area contributed by atoms with Gasteiger partial charge in [0.15, 0.2) is 8.32 Å². The van der Waals surface area contributed by atoms with Crippen molar-refractivity contribution in [3.8, 4) is 0 Å². The Bertz CT molecular complexity index is 447. The van der Waals surface area contributed by atoms with Gasteiger partial charge in [-0.1, -0.05) is 12.5 Å². The second-order valence-corrected chi connectivity index (χ2v) is 9.56. The Balaban J connectivity index is 0.000000217. The number of rotatable bonds is 2. The minimum Gasteiger partial charge on any atom is -0.478 e. The Labute approximate surface area is 119 Å². The summed E-state index contributed by atoms with van der Waals surface area (Å²) in [5, 5.41) is 17.0. The van der Waals surface area contributed by atoms with E-state index in [4.69, 9.17) is 14.6 Å². The molecule has 0 saturated carbocycles. The topological polar surface area (TPSA) is 83.8 Å². The summed E-state index contributed by atoms with van der Waals surface area (Å²) in [5.74, 6) is -2.25. The lowest BCUT2D eigenvalue weighted by Gasteiger charge is -2.27. The van der Waals surface area contributed by atoms with Crippen LogP contribution in [-0.2, 0) is 4.43 Å². The molecule has 0 radical (unpaired) electrons. The zero-order chi connectivity index (χ0) is 15.2. The van der Waals surface area contributed by atoms with Crippen LogP contribution in [0.25, 0.3) is 0 Å². The molecule has 0 unspecified atom stereocenters. The highest BCUT2D eigenvalue weighted by molar-refractivity contribution is 6.71. The minimum absolute atomic E-state index is 0.0186. The number of hydrogen-bond donors (Lipinski definition) is 2. The van der Waals surface area contributed by atoms with Gasteiger partial charge in [0, 0.05) is 6.61 Å². The van der Waals surface area contributed by atoms with E-state index in [2.05, 4.69) is 13.1 Å². The minimum atomic E-state index is -1.13. The summed E-state index contributed by atoms with van der Waals surface area (Å²) < 4.78 is 5.60. The number of carboxylic acid groups (broad SMARTS) is 2. The van der Waals surface area contributed by atoms with Gasteiger partial charge in [0.1, 0.15) is 0 Å². The molecule has 1 heterocycles. The molecule has 0 spiro atoms. The molecule has 1 aromatic carbocycles. The zero-order valence-electron chi connectivity index (χ0n) is 11.8. The highest BCUT2D eigenvalue weighted by Gasteiger charge is 2.24. The van der Waals surface area contributed by atoms with Crippen molar-refractivity contribution < 1.29 is 24.2 Å². The van der Waals surface area contributed by atoms with Gasteiger partial charge < -0.3 is 14.6 Å². The Morgan fingerprint density at radius 1 is 1.10 bits per heavy atom. The summed E-state index contributed by atoms with van der Waals surface area (Å²) in [4.78, 5) is 20.8. The standard InChI is InChI=1S/C8H6O4.C6H14OSi/c9-7(10)5-2-1-3-6(4-5)8(11)12;1-8(2)6-4-3-5-7-8/h1-4H,(H,9,10)(H,11,12);3-6H2,1-2H3. The molecular weight excluding hydrogens is 276 g/mol. The first-order valence-corrected chi connectivity index (χ1v) is 9.64. The summed E-state index contributed by atoms with van der Waals surface area (Å²) in [7, 11) is -1.09. The van der Waals surface area contributed by atoms with Crippen molar-refractivity contribution in [3.05, 3.63) is 35.4 Å². The molecule has 0 aromatic heterocycles. The fourth-order valence-electron chi connectivity index (χ4n) is 1.86. The second kappa shape index (κ2) is 7.21. The zero-order valence-corrected chi connectivity index (χ0v) is 12.8. The normalized spacial score (nSPS) is 16.7. The van der Waals surface area contributed by atoms with E-state index < -0.39 is 20.3 Å². The van der Waals surface area contributed by atoms with Crippen LogP contribution in [-0.4, -0.2) is 37.1 Å². The smallest absolute Gasteiger partial charge is 0.335 e. The number of carboxylic acids is 2. The maximum atomic E-state index is 10.4. The summed E-state index contributed by atoms with van der Waals surface area (Å²) in [6, 6.07) is 6.56. The Hall–Kier alpha value is -1.66. The number of aromatic carboxylic acids is 2. The maximum Gasteiger partial charge on any atom is 0.335 e. The van der Waals surface area contributed by atoms with E-state index >= 15 is 0 Å². The van der Waals surface area contributed by atoms with E-state index in [-0.39, 0.29) is 11.1 Å². The Morgan fingerprint density at radius 2 is 1.65 bits per heavy atom. The van der Waals surface area contributed by atoms with E-state index in [9.17, 15) is 9.59 Å². The van der Waals surface area contributed by atoms with Crippen molar-refractivity contribution in [2.45, 2.75) is 32.0 Å². The third-order valence-electron chi connectivity index (χ3n) is 3.02. The monoisotopic (exact) mass is 296 g/mol. The van der Waals surface area contributed by atoms with Crippen LogP contribution >= 0.6 is 0 Å². The average Bonchev–Trinajstić information content (AvgIpc) is 2.39. The molecule has 20 heavy (non-hydrogen) atoms. The fourth-order valence-corrected chi connectivity index (χ4v) is 3.80. The van der Waals surface area contributed by atoms with Crippen molar-refractivity contribution in [3.63, 3.8) is 0 Å². The summed E-state index contributed by atoms with van der Waals surface area (Å²) in [6.07, 6.45) is 2.69. The van der Waals surface area contributed by atoms with E-state index in [1.54, 1.807) is 0 Å². The van der Waals surface area contributed by atoms with Crippen molar-refractivity contribution >= 4 is 20.3 Å². The highest BCUT2D eigenvalue weighted by Crippen LogP contribution is 2.20. The van der Waals surface area contributed by atoms with Gasteiger partial charge in [-0.25, -0.2) is 9.59 Å². The van der Waals surface area contributed by atoms with Crippen molar-refractivity contribution in [1.29, 1.82) is 0 Å². The molecule has 1 aliphatic rings. The van der Waals surface area contributed by atoms with Crippen LogP contribution in [0.4, 0.5) is 0 Å².